The summed E-state index contributed by atoms with van der Waals surface area (Å²) in [5.74, 6) is 0.0411. The Morgan fingerprint density at radius 2 is 1.74 bits per heavy atom. The minimum absolute atomic E-state index is 0.0411. The van der Waals surface area contributed by atoms with Crippen molar-refractivity contribution in [3.8, 4) is 0 Å². The quantitative estimate of drug-likeness (QED) is 0.820. The Balaban J connectivity index is 2.15. The molecule has 2 rings (SSSR count). The Morgan fingerprint density at radius 1 is 1.11 bits per heavy atom. The summed E-state index contributed by atoms with van der Waals surface area (Å²) >= 11 is 12.2. The number of benzene rings is 2. The van der Waals surface area contributed by atoms with Crippen molar-refractivity contribution in [2.45, 2.75) is 13.5 Å². The number of Topliss-reactive ketones (excluding diaryl/α,β-unsaturated/α-hetero) is 1. The molecule has 0 unspecified atom stereocenters. The standard InChI is InChI=1S/C15H13Cl2NO/c1-10(19)11-4-2-5-12(8-11)18-9-13-14(16)6-3-7-15(13)17/h2-8,18H,9H2,1H3. The molecule has 0 aliphatic heterocycles. The maximum atomic E-state index is 11.3. The fourth-order valence-corrected chi connectivity index (χ4v) is 2.27. The van der Waals surface area contributed by atoms with Gasteiger partial charge in [0.15, 0.2) is 5.78 Å². The van der Waals surface area contributed by atoms with Gasteiger partial charge in [0, 0.05) is 33.4 Å². The molecule has 98 valence electrons. The molecule has 0 aliphatic carbocycles. The summed E-state index contributed by atoms with van der Waals surface area (Å²) in [6, 6.07) is 12.8. The molecule has 0 fully saturated rings. The molecule has 0 bridgehead atoms. The SMILES string of the molecule is CC(=O)c1cccc(NCc2c(Cl)cccc2Cl)c1. The highest BCUT2D eigenvalue weighted by molar-refractivity contribution is 6.36. The van der Waals surface area contributed by atoms with E-state index in [1.54, 1.807) is 25.1 Å². The number of halogens is 2. The Hall–Kier alpha value is -1.51. The predicted octanol–water partition coefficient (Wildman–Crippen LogP) is 4.81. The van der Waals surface area contributed by atoms with E-state index < -0.39 is 0 Å². The molecule has 0 aliphatic rings. The van der Waals surface area contributed by atoms with E-state index in [9.17, 15) is 4.79 Å². The summed E-state index contributed by atoms with van der Waals surface area (Å²) in [4.78, 5) is 11.3. The molecular weight excluding hydrogens is 281 g/mol. The minimum Gasteiger partial charge on any atom is -0.381 e. The second-order valence-electron chi connectivity index (χ2n) is 4.19. The van der Waals surface area contributed by atoms with Crippen LogP contribution >= 0.6 is 23.2 Å². The number of carbonyl (C=O) groups excluding carboxylic acids is 1. The summed E-state index contributed by atoms with van der Waals surface area (Å²) in [7, 11) is 0. The van der Waals surface area contributed by atoms with Crippen LogP contribution in [0.5, 0.6) is 0 Å². The lowest BCUT2D eigenvalue weighted by Crippen LogP contribution is -2.02. The van der Waals surface area contributed by atoms with Crippen molar-refractivity contribution >= 4 is 34.7 Å². The molecule has 0 spiro atoms. The van der Waals surface area contributed by atoms with E-state index >= 15 is 0 Å². The van der Waals surface area contributed by atoms with Crippen LogP contribution in [0.4, 0.5) is 5.69 Å². The highest BCUT2D eigenvalue weighted by Crippen LogP contribution is 2.25. The second kappa shape index (κ2) is 6.09. The van der Waals surface area contributed by atoms with Crippen molar-refractivity contribution in [3.63, 3.8) is 0 Å². The maximum absolute atomic E-state index is 11.3. The van der Waals surface area contributed by atoms with E-state index in [2.05, 4.69) is 5.32 Å². The van der Waals surface area contributed by atoms with Crippen LogP contribution in [-0.4, -0.2) is 5.78 Å². The zero-order valence-electron chi connectivity index (χ0n) is 10.4. The topological polar surface area (TPSA) is 29.1 Å². The number of carbonyl (C=O) groups is 1. The minimum atomic E-state index is 0.0411. The van der Waals surface area contributed by atoms with Crippen molar-refractivity contribution in [2.75, 3.05) is 5.32 Å². The predicted molar refractivity (Wildman–Crippen MR) is 80.2 cm³/mol. The summed E-state index contributed by atoms with van der Waals surface area (Å²) in [6.45, 7) is 2.06. The lowest BCUT2D eigenvalue weighted by molar-refractivity contribution is 0.101. The van der Waals surface area contributed by atoms with E-state index in [-0.39, 0.29) is 5.78 Å². The molecule has 0 radical (unpaired) electrons. The highest BCUT2D eigenvalue weighted by Gasteiger charge is 2.05. The lowest BCUT2D eigenvalue weighted by atomic mass is 10.1. The zero-order valence-corrected chi connectivity index (χ0v) is 11.9. The Kier molecular flexibility index (Phi) is 4.46. The van der Waals surface area contributed by atoms with Gasteiger partial charge in [0.25, 0.3) is 0 Å². The van der Waals surface area contributed by atoms with Crippen LogP contribution in [0.1, 0.15) is 22.8 Å². The first-order valence-electron chi connectivity index (χ1n) is 5.85. The van der Waals surface area contributed by atoms with Gasteiger partial charge in [0.05, 0.1) is 0 Å². The summed E-state index contributed by atoms with van der Waals surface area (Å²) in [5, 5.41) is 4.47. The van der Waals surface area contributed by atoms with Crippen molar-refractivity contribution in [1.82, 2.24) is 0 Å². The van der Waals surface area contributed by atoms with Gasteiger partial charge >= 0.3 is 0 Å². The maximum Gasteiger partial charge on any atom is 0.159 e. The molecule has 0 amide bonds. The fraction of sp³-hybridized carbons (Fsp3) is 0.133. The average molecular weight is 294 g/mol. The molecule has 0 aromatic heterocycles. The van der Waals surface area contributed by atoms with Crippen LogP contribution in [0.15, 0.2) is 42.5 Å². The van der Waals surface area contributed by atoms with E-state index in [0.29, 0.717) is 22.2 Å². The Bertz CT molecular complexity index is 591. The first kappa shape index (κ1) is 13.9. The molecule has 0 saturated heterocycles. The van der Waals surface area contributed by atoms with Crippen LogP contribution in [0.2, 0.25) is 10.0 Å². The van der Waals surface area contributed by atoms with Crippen LogP contribution in [0.25, 0.3) is 0 Å². The summed E-state index contributed by atoms with van der Waals surface area (Å²) in [6.07, 6.45) is 0. The average Bonchev–Trinajstić information content (AvgIpc) is 2.38. The Morgan fingerprint density at radius 3 is 2.37 bits per heavy atom. The van der Waals surface area contributed by atoms with Gasteiger partial charge in [-0.3, -0.25) is 4.79 Å². The second-order valence-corrected chi connectivity index (χ2v) is 5.01. The van der Waals surface area contributed by atoms with Gasteiger partial charge in [-0.1, -0.05) is 41.4 Å². The van der Waals surface area contributed by atoms with Crippen LogP contribution < -0.4 is 5.32 Å². The van der Waals surface area contributed by atoms with E-state index in [1.807, 2.05) is 24.3 Å². The number of anilines is 1. The molecule has 1 N–H and O–H groups in total. The molecule has 0 atom stereocenters. The van der Waals surface area contributed by atoms with E-state index in [0.717, 1.165) is 11.3 Å². The molecule has 4 heteroatoms. The molecule has 0 saturated carbocycles. The smallest absolute Gasteiger partial charge is 0.159 e. The van der Waals surface area contributed by atoms with E-state index in [4.69, 9.17) is 23.2 Å². The number of ketones is 1. The van der Waals surface area contributed by atoms with Crippen molar-refractivity contribution < 1.29 is 4.79 Å². The highest BCUT2D eigenvalue weighted by atomic mass is 35.5. The Labute approximate surface area is 122 Å². The fourth-order valence-electron chi connectivity index (χ4n) is 1.74. The van der Waals surface area contributed by atoms with Crippen LogP contribution in [0, 0.1) is 0 Å². The lowest BCUT2D eigenvalue weighted by Gasteiger charge is -2.10. The van der Waals surface area contributed by atoms with Crippen molar-refractivity contribution in [2.24, 2.45) is 0 Å². The van der Waals surface area contributed by atoms with E-state index in [1.165, 1.54) is 0 Å². The molecule has 0 heterocycles. The number of hydrogen-bond donors (Lipinski definition) is 1. The van der Waals surface area contributed by atoms with Gasteiger partial charge < -0.3 is 5.32 Å². The third-order valence-electron chi connectivity index (χ3n) is 2.80. The van der Waals surface area contributed by atoms with Crippen LogP contribution in [0.3, 0.4) is 0 Å². The molecule has 19 heavy (non-hydrogen) atoms. The molecule has 2 aromatic carbocycles. The number of nitrogens with one attached hydrogen (secondary N) is 1. The first-order chi connectivity index (χ1) is 9.08. The monoisotopic (exact) mass is 293 g/mol. The largest absolute Gasteiger partial charge is 0.381 e. The number of rotatable bonds is 4. The normalized spacial score (nSPS) is 10.3. The zero-order chi connectivity index (χ0) is 13.8. The third-order valence-corrected chi connectivity index (χ3v) is 3.51. The number of hydrogen-bond acceptors (Lipinski definition) is 2. The van der Waals surface area contributed by atoms with Gasteiger partial charge in [0.1, 0.15) is 0 Å². The molecular formula is C15H13Cl2NO. The van der Waals surface area contributed by atoms with Gasteiger partial charge in [-0.2, -0.15) is 0 Å². The van der Waals surface area contributed by atoms with Gasteiger partial charge in [-0.05, 0) is 31.2 Å². The van der Waals surface area contributed by atoms with Crippen LogP contribution in [-0.2, 0) is 6.54 Å². The van der Waals surface area contributed by atoms with Crippen molar-refractivity contribution in [1.29, 1.82) is 0 Å². The van der Waals surface area contributed by atoms with Crippen molar-refractivity contribution in [3.05, 3.63) is 63.6 Å². The molecule has 2 aromatic rings. The summed E-state index contributed by atoms with van der Waals surface area (Å²) < 4.78 is 0. The third kappa shape index (κ3) is 3.49. The van der Waals surface area contributed by atoms with Gasteiger partial charge in [-0.25, -0.2) is 0 Å². The van der Waals surface area contributed by atoms with Gasteiger partial charge in [0.2, 0.25) is 0 Å². The van der Waals surface area contributed by atoms with Gasteiger partial charge in [-0.15, -0.1) is 0 Å². The first-order valence-corrected chi connectivity index (χ1v) is 6.61. The summed E-state index contributed by atoms with van der Waals surface area (Å²) in [5.41, 5.74) is 2.39. The molecule has 2 nitrogen and oxygen atoms in total.